The van der Waals surface area contributed by atoms with Crippen LogP contribution < -0.4 is 5.32 Å². The molecule has 3 heteroatoms. The standard InChI is InChI=1S/C17H23ClN2/c1-12(2)20-11-13(10-19-15-5-3-4-6-15)16-9-14(18)7-8-17(16)20/h7-9,11-12,15,19H,3-6,10H2,1-2H3. The molecule has 3 rings (SSSR count). The molecule has 2 nitrogen and oxygen atoms in total. The topological polar surface area (TPSA) is 17.0 Å². The number of nitrogens with zero attached hydrogens (tertiary/aromatic N) is 1. The second kappa shape index (κ2) is 5.79. The van der Waals surface area contributed by atoms with Gasteiger partial charge in [-0.25, -0.2) is 0 Å². The second-order valence-electron chi connectivity index (χ2n) is 6.18. The fourth-order valence-electron chi connectivity index (χ4n) is 3.25. The molecule has 2 aromatic rings. The smallest absolute Gasteiger partial charge is 0.0487 e. The molecular weight excluding hydrogens is 268 g/mol. The van der Waals surface area contributed by atoms with Gasteiger partial charge in [-0.2, -0.15) is 0 Å². The lowest BCUT2D eigenvalue weighted by Crippen LogP contribution is -2.25. The van der Waals surface area contributed by atoms with Crippen molar-refractivity contribution in [2.24, 2.45) is 0 Å². The summed E-state index contributed by atoms with van der Waals surface area (Å²) in [5, 5.41) is 5.81. The maximum atomic E-state index is 6.18. The van der Waals surface area contributed by atoms with Gasteiger partial charge < -0.3 is 9.88 Å². The summed E-state index contributed by atoms with van der Waals surface area (Å²) in [5.41, 5.74) is 2.65. The maximum Gasteiger partial charge on any atom is 0.0487 e. The molecule has 0 spiro atoms. The Bertz CT molecular complexity index is 594. The van der Waals surface area contributed by atoms with Crippen LogP contribution in [0.5, 0.6) is 0 Å². The van der Waals surface area contributed by atoms with Crippen LogP contribution in [-0.2, 0) is 6.54 Å². The number of aromatic nitrogens is 1. The molecule has 0 radical (unpaired) electrons. The second-order valence-corrected chi connectivity index (χ2v) is 6.62. The zero-order chi connectivity index (χ0) is 14.1. The molecule has 1 heterocycles. The van der Waals surface area contributed by atoms with Gasteiger partial charge in [0, 0.05) is 40.8 Å². The van der Waals surface area contributed by atoms with Gasteiger partial charge in [0.25, 0.3) is 0 Å². The van der Waals surface area contributed by atoms with Crippen molar-refractivity contribution in [3.05, 3.63) is 35.0 Å². The van der Waals surface area contributed by atoms with E-state index in [1.807, 2.05) is 6.07 Å². The molecule has 1 saturated carbocycles. The minimum Gasteiger partial charge on any atom is -0.345 e. The van der Waals surface area contributed by atoms with Crippen LogP contribution in [0.2, 0.25) is 5.02 Å². The SMILES string of the molecule is CC(C)n1cc(CNC2CCCC2)c2cc(Cl)ccc21. The molecule has 108 valence electrons. The third-order valence-electron chi connectivity index (χ3n) is 4.37. The highest BCUT2D eigenvalue weighted by Gasteiger charge is 2.16. The minimum atomic E-state index is 0.471. The average molecular weight is 291 g/mol. The van der Waals surface area contributed by atoms with Gasteiger partial charge in [0.15, 0.2) is 0 Å². The fraction of sp³-hybridized carbons (Fsp3) is 0.529. The molecule has 1 aromatic carbocycles. The van der Waals surface area contributed by atoms with E-state index < -0.39 is 0 Å². The lowest BCUT2D eigenvalue weighted by atomic mass is 10.1. The van der Waals surface area contributed by atoms with Crippen LogP contribution in [-0.4, -0.2) is 10.6 Å². The first kappa shape index (κ1) is 14.0. The van der Waals surface area contributed by atoms with Crippen molar-refractivity contribution in [1.82, 2.24) is 9.88 Å². The zero-order valence-electron chi connectivity index (χ0n) is 12.3. The van der Waals surface area contributed by atoms with Gasteiger partial charge in [-0.05, 0) is 50.5 Å². The fourth-order valence-corrected chi connectivity index (χ4v) is 3.42. The summed E-state index contributed by atoms with van der Waals surface area (Å²) in [6, 6.07) is 7.39. The van der Waals surface area contributed by atoms with Crippen LogP contribution in [0.25, 0.3) is 10.9 Å². The number of rotatable bonds is 4. The predicted octanol–water partition coefficient (Wildman–Crippen LogP) is 4.91. The van der Waals surface area contributed by atoms with E-state index in [0.29, 0.717) is 12.1 Å². The molecule has 1 aliphatic carbocycles. The van der Waals surface area contributed by atoms with Crippen molar-refractivity contribution in [3.8, 4) is 0 Å². The van der Waals surface area contributed by atoms with Crippen molar-refractivity contribution in [1.29, 1.82) is 0 Å². The summed E-state index contributed by atoms with van der Waals surface area (Å²) >= 11 is 6.18. The molecule has 1 N–H and O–H groups in total. The molecule has 0 atom stereocenters. The number of fused-ring (bicyclic) bond motifs is 1. The van der Waals surface area contributed by atoms with E-state index in [4.69, 9.17) is 11.6 Å². The van der Waals surface area contributed by atoms with E-state index in [0.717, 1.165) is 11.6 Å². The number of nitrogens with one attached hydrogen (secondary N) is 1. The summed E-state index contributed by atoms with van der Waals surface area (Å²) in [5.74, 6) is 0. The molecule has 1 aromatic heterocycles. The highest BCUT2D eigenvalue weighted by molar-refractivity contribution is 6.31. The van der Waals surface area contributed by atoms with Crippen LogP contribution >= 0.6 is 11.6 Å². The molecule has 0 bridgehead atoms. The molecule has 0 aliphatic heterocycles. The third-order valence-corrected chi connectivity index (χ3v) is 4.61. The quantitative estimate of drug-likeness (QED) is 0.847. The molecule has 1 fully saturated rings. The maximum absolute atomic E-state index is 6.18. The van der Waals surface area contributed by atoms with Crippen LogP contribution in [0, 0.1) is 0 Å². The summed E-state index contributed by atoms with van der Waals surface area (Å²) in [4.78, 5) is 0. The van der Waals surface area contributed by atoms with E-state index >= 15 is 0 Å². The van der Waals surface area contributed by atoms with Gasteiger partial charge in [0.05, 0.1) is 0 Å². The van der Waals surface area contributed by atoms with E-state index in [-0.39, 0.29) is 0 Å². The van der Waals surface area contributed by atoms with Gasteiger partial charge in [0.2, 0.25) is 0 Å². The lowest BCUT2D eigenvalue weighted by molar-refractivity contribution is 0.523. The van der Waals surface area contributed by atoms with Crippen LogP contribution in [0.15, 0.2) is 24.4 Å². The van der Waals surface area contributed by atoms with Gasteiger partial charge in [-0.15, -0.1) is 0 Å². The first-order chi connectivity index (χ1) is 9.65. The predicted molar refractivity (Wildman–Crippen MR) is 86.4 cm³/mol. The Kier molecular flexibility index (Phi) is 4.04. The Morgan fingerprint density at radius 3 is 2.75 bits per heavy atom. The molecule has 0 unspecified atom stereocenters. The normalized spacial score (nSPS) is 16.6. The zero-order valence-corrected chi connectivity index (χ0v) is 13.1. The molecule has 20 heavy (non-hydrogen) atoms. The highest BCUT2D eigenvalue weighted by atomic mass is 35.5. The van der Waals surface area contributed by atoms with E-state index in [2.05, 4.69) is 42.1 Å². The van der Waals surface area contributed by atoms with E-state index in [1.54, 1.807) is 0 Å². The lowest BCUT2D eigenvalue weighted by Gasteiger charge is -2.11. The Hall–Kier alpha value is -0.990. The average Bonchev–Trinajstić information content (AvgIpc) is 3.03. The van der Waals surface area contributed by atoms with Crippen LogP contribution in [0.3, 0.4) is 0 Å². The van der Waals surface area contributed by atoms with Crippen molar-refractivity contribution in [3.63, 3.8) is 0 Å². The van der Waals surface area contributed by atoms with E-state index in [9.17, 15) is 0 Å². The summed E-state index contributed by atoms with van der Waals surface area (Å²) < 4.78 is 2.34. The Labute approximate surface area is 126 Å². The van der Waals surface area contributed by atoms with Gasteiger partial charge in [-0.1, -0.05) is 24.4 Å². The third kappa shape index (κ3) is 2.72. The van der Waals surface area contributed by atoms with Crippen molar-refractivity contribution in [2.75, 3.05) is 0 Å². The Balaban J connectivity index is 1.90. The number of hydrogen-bond acceptors (Lipinski definition) is 1. The first-order valence-electron chi connectivity index (χ1n) is 7.67. The first-order valence-corrected chi connectivity index (χ1v) is 8.05. The molecule has 1 aliphatic rings. The Morgan fingerprint density at radius 1 is 1.30 bits per heavy atom. The number of halogens is 1. The van der Waals surface area contributed by atoms with Gasteiger partial charge in [-0.3, -0.25) is 0 Å². The minimum absolute atomic E-state index is 0.471. The summed E-state index contributed by atoms with van der Waals surface area (Å²) in [7, 11) is 0. The monoisotopic (exact) mass is 290 g/mol. The van der Waals surface area contributed by atoms with Crippen molar-refractivity contribution >= 4 is 22.5 Å². The van der Waals surface area contributed by atoms with Crippen molar-refractivity contribution in [2.45, 2.75) is 58.2 Å². The molecular formula is C17H23ClN2. The van der Waals surface area contributed by atoms with Crippen molar-refractivity contribution < 1.29 is 0 Å². The van der Waals surface area contributed by atoms with Gasteiger partial charge in [0.1, 0.15) is 0 Å². The number of benzene rings is 1. The number of hydrogen-bond donors (Lipinski definition) is 1. The Morgan fingerprint density at radius 2 is 2.05 bits per heavy atom. The highest BCUT2D eigenvalue weighted by Crippen LogP contribution is 2.28. The van der Waals surface area contributed by atoms with E-state index in [1.165, 1.54) is 42.1 Å². The van der Waals surface area contributed by atoms with Crippen LogP contribution in [0.4, 0.5) is 0 Å². The molecule has 0 amide bonds. The summed E-state index contributed by atoms with van der Waals surface area (Å²) in [6.07, 6.45) is 7.68. The summed E-state index contributed by atoms with van der Waals surface area (Å²) in [6.45, 7) is 5.39. The largest absolute Gasteiger partial charge is 0.345 e. The van der Waals surface area contributed by atoms with Gasteiger partial charge >= 0.3 is 0 Å². The molecule has 0 saturated heterocycles. The van der Waals surface area contributed by atoms with Crippen LogP contribution in [0.1, 0.15) is 51.1 Å².